The van der Waals surface area contributed by atoms with E-state index in [1.165, 1.54) is 32.1 Å². The van der Waals surface area contributed by atoms with E-state index in [9.17, 15) is 4.79 Å². The fraction of sp³-hybridized carbons (Fsp3) is 0.938. The van der Waals surface area contributed by atoms with Crippen LogP contribution in [-0.2, 0) is 9.53 Å². The molecule has 4 nitrogen and oxygen atoms in total. The van der Waals surface area contributed by atoms with Gasteiger partial charge in [0.1, 0.15) is 0 Å². The van der Waals surface area contributed by atoms with Crippen LogP contribution in [0.4, 0.5) is 0 Å². The van der Waals surface area contributed by atoms with Crippen LogP contribution in [-0.4, -0.2) is 31.2 Å². The Balaban J connectivity index is 1.53. The van der Waals surface area contributed by atoms with Crippen LogP contribution in [0.15, 0.2) is 0 Å². The molecular weight excluding hydrogens is 252 g/mol. The summed E-state index contributed by atoms with van der Waals surface area (Å²) in [7, 11) is 0. The zero-order valence-corrected chi connectivity index (χ0v) is 12.4. The Bertz CT molecular complexity index is 348. The van der Waals surface area contributed by atoms with Gasteiger partial charge in [-0.25, -0.2) is 0 Å². The molecule has 3 aliphatic rings. The molecule has 0 aromatic rings. The molecule has 3 rings (SSSR count). The van der Waals surface area contributed by atoms with Crippen LogP contribution in [0, 0.1) is 11.3 Å². The highest BCUT2D eigenvalue weighted by atomic mass is 16.5. The number of rotatable bonds is 5. The van der Waals surface area contributed by atoms with Gasteiger partial charge in [-0.1, -0.05) is 19.3 Å². The zero-order valence-electron chi connectivity index (χ0n) is 12.4. The van der Waals surface area contributed by atoms with Crippen LogP contribution >= 0.6 is 0 Å². The Morgan fingerprint density at radius 1 is 1.20 bits per heavy atom. The molecule has 1 saturated heterocycles. The molecule has 1 amide bonds. The Morgan fingerprint density at radius 2 is 1.95 bits per heavy atom. The highest BCUT2D eigenvalue weighted by Crippen LogP contribution is 2.40. The summed E-state index contributed by atoms with van der Waals surface area (Å²) in [5.74, 6) is 0.888. The minimum atomic E-state index is 0.0663. The first kappa shape index (κ1) is 14.3. The maximum absolute atomic E-state index is 12.4. The second-order valence-electron chi connectivity index (χ2n) is 7.08. The van der Waals surface area contributed by atoms with Crippen LogP contribution in [0.3, 0.4) is 0 Å². The molecule has 3 N–H and O–H groups in total. The van der Waals surface area contributed by atoms with Crippen molar-refractivity contribution in [2.24, 2.45) is 17.1 Å². The van der Waals surface area contributed by atoms with Crippen molar-refractivity contribution in [1.29, 1.82) is 0 Å². The number of nitrogens with one attached hydrogen (secondary N) is 1. The van der Waals surface area contributed by atoms with Gasteiger partial charge in [-0.05, 0) is 50.0 Å². The normalized spacial score (nSPS) is 33.0. The number of carbonyl (C=O) groups excluding carboxylic acids is 1. The van der Waals surface area contributed by atoms with E-state index in [2.05, 4.69) is 5.32 Å². The quantitative estimate of drug-likeness (QED) is 0.809. The molecule has 0 aromatic heterocycles. The molecule has 0 aromatic carbocycles. The van der Waals surface area contributed by atoms with E-state index in [1.807, 2.05) is 0 Å². The maximum Gasteiger partial charge on any atom is 0.220 e. The second-order valence-corrected chi connectivity index (χ2v) is 7.08. The number of carbonyl (C=O) groups is 1. The van der Waals surface area contributed by atoms with Gasteiger partial charge in [0.15, 0.2) is 0 Å². The van der Waals surface area contributed by atoms with Crippen molar-refractivity contribution in [3.63, 3.8) is 0 Å². The fourth-order valence-electron chi connectivity index (χ4n) is 4.01. The standard InChI is InChI=1S/C16H28N2O2/c17-11-16(7-2-1-3-8-16)10-14(19)18-13-6-9-20-15(13)12-4-5-12/h12-13,15H,1-11,17H2,(H,18,19). The molecule has 2 unspecified atom stereocenters. The van der Waals surface area contributed by atoms with E-state index in [4.69, 9.17) is 10.5 Å². The van der Waals surface area contributed by atoms with Gasteiger partial charge in [0.25, 0.3) is 0 Å². The number of amides is 1. The molecule has 4 heteroatoms. The van der Waals surface area contributed by atoms with Crippen molar-refractivity contribution >= 4 is 5.91 Å². The lowest BCUT2D eigenvalue weighted by atomic mass is 9.71. The van der Waals surface area contributed by atoms with E-state index < -0.39 is 0 Å². The number of ether oxygens (including phenoxy) is 1. The molecular formula is C16H28N2O2. The van der Waals surface area contributed by atoms with Crippen molar-refractivity contribution in [3.05, 3.63) is 0 Å². The molecule has 2 aliphatic carbocycles. The van der Waals surface area contributed by atoms with Crippen molar-refractivity contribution in [1.82, 2.24) is 5.32 Å². The molecule has 2 atom stereocenters. The van der Waals surface area contributed by atoms with E-state index >= 15 is 0 Å². The predicted octanol–water partition coefficient (Wildman–Crippen LogP) is 1.97. The van der Waals surface area contributed by atoms with Gasteiger partial charge in [0, 0.05) is 13.0 Å². The van der Waals surface area contributed by atoms with E-state index in [0.29, 0.717) is 18.9 Å². The molecule has 0 bridgehead atoms. The minimum absolute atomic E-state index is 0.0663. The Kier molecular flexibility index (Phi) is 4.32. The SMILES string of the molecule is NCC1(CC(=O)NC2CCOC2C2CC2)CCCCC1. The highest BCUT2D eigenvalue weighted by molar-refractivity contribution is 5.77. The molecule has 0 radical (unpaired) electrons. The Labute approximate surface area is 121 Å². The second kappa shape index (κ2) is 6.02. The zero-order chi connectivity index (χ0) is 14.0. The third-order valence-electron chi connectivity index (χ3n) is 5.45. The summed E-state index contributed by atoms with van der Waals surface area (Å²) < 4.78 is 5.79. The fourth-order valence-corrected chi connectivity index (χ4v) is 4.01. The monoisotopic (exact) mass is 280 g/mol. The van der Waals surface area contributed by atoms with Crippen LogP contribution in [0.2, 0.25) is 0 Å². The molecule has 2 saturated carbocycles. The predicted molar refractivity (Wildman–Crippen MR) is 78.2 cm³/mol. The third kappa shape index (κ3) is 3.17. The lowest BCUT2D eigenvalue weighted by Gasteiger charge is -2.36. The van der Waals surface area contributed by atoms with Crippen LogP contribution in [0.1, 0.15) is 57.8 Å². The van der Waals surface area contributed by atoms with Gasteiger partial charge in [-0.3, -0.25) is 4.79 Å². The number of nitrogens with two attached hydrogens (primary N) is 1. The lowest BCUT2D eigenvalue weighted by molar-refractivity contribution is -0.125. The topological polar surface area (TPSA) is 64.4 Å². The minimum Gasteiger partial charge on any atom is -0.376 e. The lowest BCUT2D eigenvalue weighted by Crippen LogP contribution is -2.45. The first-order chi connectivity index (χ1) is 9.72. The van der Waals surface area contributed by atoms with Crippen LogP contribution in [0.5, 0.6) is 0 Å². The van der Waals surface area contributed by atoms with Crippen LogP contribution < -0.4 is 11.1 Å². The van der Waals surface area contributed by atoms with Crippen molar-refractivity contribution < 1.29 is 9.53 Å². The van der Waals surface area contributed by atoms with Gasteiger partial charge >= 0.3 is 0 Å². The molecule has 3 fully saturated rings. The Morgan fingerprint density at radius 3 is 2.60 bits per heavy atom. The molecule has 1 heterocycles. The number of hydrogen-bond acceptors (Lipinski definition) is 3. The summed E-state index contributed by atoms with van der Waals surface area (Å²) in [4.78, 5) is 12.4. The summed E-state index contributed by atoms with van der Waals surface area (Å²) in [6, 6.07) is 0.244. The summed E-state index contributed by atoms with van der Waals surface area (Å²) in [6.45, 7) is 1.45. The van der Waals surface area contributed by atoms with Crippen molar-refractivity contribution in [3.8, 4) is 0 Å². The third-order valence-corrected chi connectivity index (χ3v) is 5.45. The van der Waals surface area contributed by atoms with E-state index in [0.717, 1.165) is 25.9 Å². The van der Waals surface area contributed by atoms with Gasteiger partial charge in [0.05, 0.1) is 12.1 Å². The Hall–Kier alpha value is -0.610. The van der Waals surface area contributed by atoms with E-state index in [-0.39, 0.29) is 23.5 Å². The maximum atomic E-state index is 12.4. The number of hydrogen-bond donors (Lipinski definition) is 2. The smallest absolute Gasteiger partial charge is 0.220 e. The van der Waals surface area contributed by atoms with Gasteiger partial charge in [0.2, 0.25) is 5.91 Å². The van der Waals surface area contributed by atoms with Gasteiger partial charge in [-0.2, -0.15) is 0 Å². The van der Waals surface area contributed by atoms with Gasteiger partial charge in [-0.15, -0.1) is 0 Å². The first-order valence-corrected chi connectivity index (χ1v) is 8.33. The summed E-state index contributed by atoms with van der Waals surface area (Å²) >= 11 is 0. The van der Waals surface area contributed by atoms with Crippen LogP contribution in [0.25, 0.3) is 0 Å². The summed E-state index contributed by atoms with van der Waals surface area (Å²) in [5.41, 5.74) is 6.04. The van der Waals surface area contributed by atoms with Crippen molar-refractivity contribution in [2.45, 2.75) is 69.9 Å². The highest BCUT2D eigenvalue weighted by Gasteiger charge is 2.42. The largest absolute Gasteiger partial charge is 0.376 e. The average Bonchev–Trinajstić information content (AvgIpc) is 3.20. The molecule has 0 spiro atoms. The summed E-state index contributed by atoms with van der Waals surface area (Å²) in [6.07, 6.45) is 10.4. The van der Waals surface area contributed by atoms with Crippen molar-refractivity contribution in [2.75, 3.05) is 13.2 Å². The first-order valence-electron chi connectivity index (χ1n) is 8.33. The molecule has 114 valence electrons. The summed E-state index contributed by atoms with van der Waals surface area (Å²) in [5, 5.41) is 3.24. The molecule has 20 heavy (non-hydrogen) atoms. The van der Waals surface area contributed by atoms with E-state index in [1.54, 1.807) is 0 Å². The average molecular weight is 280 g/mol. The molecule has 1 aliphatic heterocycles. The van der Waals surface area contributed by atoms with Gasteiger partial charge < -0.3 is 15.8 Å².